The average Bonchev–Trinajstić information content (AvgIpc) is 1.63. The Labute approximate surface area is 48.6 Å². The van der Waals surface area contributed by atoms with Gasteiger partial charge in [-0.15, -0.1) is 0 Å². The molecule has 8 heavy (non-hydrogen) atoms. The van der Waals surface area contributed by atoms with Crippen LogP contribution >= 0.6 is 0 Å². The summed E-state index contributed by atoms with van der Waals surface area (Å²) in [6.07, 6.45) is 5.60. The smallest absolute Gasteiger partial charge is 0.0994 e. The molecular formula is C6H9NO. The van der Waals surface area contributed by atoms with Gasteiger partial charge < -0.3 is 0 Å². The maximum Gasteiger partial charge on any atom is 0.0994 e. The van der Waals surface area contributed by atoms with Gasteiger partial charge >= 0.3 is 0 Å². The molecule has 2 heteroatoms. The van der Waals surface area contributed by atoms with Crippen LogP contribution in [0.4, 0.5) is 0 Å². The minimum atomic E-state index is 0.370. The monoisotopic (exact) mass is 111 g/mol. The van der Waals surface area contributed by atoms with E-state index in [1.54, 1.807) is 0 Å². The van der Waals surface area contributed by atoms with Crippen molar-refractivity contribution in [1.29, 1.82) is 0 Å². The first kappa shape index (κ1) is 5.48. The third kappa shape index (κ3) is 1.15. The van der Waals surface area contributed by atoms with Crippen LogP contribution in [0.25, 0.3) is 0 Å². The van der Waals surface area contributed by atoms with Crippen molar-refractivity contribution in [3.05, 3.63) is 16.6 Å². The minimum Gasteiger partial charge on any atom is -0.150 e. The molecule has 0 heterocycles. The van der Waals surface area contributed by atoms with Crippen molar-refractivity contribution in [2.75, 3.05) is 6.54 Å². The van der Waals surface area contributed by atoms with Gasteiger partial charge in [0.1, 0.15) is 0 Å². The molecule has 0 bridgehead atoms. The summed E-state index contributed by atoms with van der Waals surface area (Å²) < 4.78 is 0. The van der Waals surface area contributed by atoms with Gasteiger partial charge in [-0.05, 0) is 19.3 Å². The molecule has 1 saturated carbocycles. The Morgan fingerprint density at radius 2 is 2.38 bits per heavy atom. The Kier molecular flexibility index (Phi) is 1.78. The third-order valence-corrected chi connectivity index (χ3v) is 1.45. The lowest BCUT2D eigenvalue weighted by Gasteiger charge is -2.14. The van der Waals surface area contributed by atoms with E-state index in [1.165, 1.54) is 24.8 Å². The maximum atomic E-state index is 9.55. The Bertz CT molecular complexity index is 112. The van der Waals surface area contributed by atoms with E-state index in [0.29, 0.717) is 6.54 Å². The topological polar surface area (TPSA) is 29.4 Å². The summed E-state index contributed by atoms with van der Waals surface area (Å²) in [6, 6.07) is 0. The van der Waals surface area contributed by atoms with Crippen molar-refractivity contribution in [3.8, 4) is 0 Å². The molecule has 1 aliphatic rings. The summed E-state index contributed by atoms with van der Waals surface area (Å²) in [5.74, 6) is 0. The van der Waals surface area contributed by atoms with Crippen molar-refractivity contribution in [1.82, 2.24) is 0 Å². The fourth-order valence-corrected chi connectivity index (χ4v) is 0.751. The zero-order valence-corrected chi connectivity index (χ0v) is 4.76. The lowest BCUT2D eigenvalue weighted by molar-refractivity contribution is 0.659. The molecule has 0 atom stereocenters. The summed E-state index contributed by atoms with van der Waals surface area (Å²) in [6.45, 7) is 0.370. The Morgan fingerprint density at radius 1 is 1.62 bits per heavy atom. The molecule has 1 aliphatic carbocycles. The molecule has 0 aromatic rings. The first-order chi connectivity index (χ1) is 3.93. The molecule has 0 aromatic heterocycles. The van der Waals surface area contributed by atoms with E-state index in [9.17, 15) is 4.91 Å². The summed E-state index contributed by atoms with van der Waals surface area (Å²) in [4.78, 5) is 9.55. The van der Waals surface area contributed by atoms with Crippen LogP contribution in [0.5, 0.6) is 0 Å². The molecule has 0 aliphatic heterocycles. The highest BCUT2D eigenvalue weighted by molar-refractivity contribution is 5.09. The molecule has 0 unspecified atom stereocenters. The first-order valence-electron chi connectivity index (χ1n) is 2.90. The third-order valence-electron chi connectivity index (χ3n) is 1.45. The van der Waals surface area contributed by atoms with Crippen LogP contribution in [0.3, 0.4) is 0 Å². The standard InChI is InChI=1S/C6H9NO/c8-7-5-4-6-2-1-3-6/h4H,1-3,5H2. The summed E-state index contributed by atoms with van der Waals surface area (Å²) in [7, 11) is 0. The number of nitrogens with zero attached hydrogens (tertiary/aromatic N) is 1. The largest absolute Gasteiger partial charge is 0.150 e. The highest BCUT2D eigenvalue weighted by Crippen LogP contribution is 2.24. The molecule has 2 nitrogen and oxygen atoms in total. The van der Waals surface area contributed by atoms with Crippen LogP contribution < -0.4 is 0 Å². The molecule has 44 valence electrons. The van der Waals surface area contributed by atoms with Crippen LogP contribution in [0, 0.1) is 4.91 Å². The summed E-state index contributed by atoms with van der Waals surface area (Å²) in [5, 5.41) is 2.73. The number of rotatable bonds is 2. The quantitative estimate of drug-likeness (QED) is 0.395. The van der Waals surface area contributed by atoms with Crippen LogP contribution in [0.1, 0.15) is 19.3 Å². The second kappa shape index (κ2) is 2.60. The maximum absolute atomic E-state index is 9.55. The van der Waals surface area contributed by atoms with Gasteiger partial charge in [0, 0.05) is 0 Å². The van der Waals surface area contributed by atoms with Crippen molar-refractivity contribution in [2.24, 2.45) is 5.18 Å². The zero-order valence-electron chi connectivity index (χ0n) is 4.76. The summed E-state index contributed by atoms with van der Waals surface area (Å²) in [5.41, 5.74) is 1.41. The summed E-state index contributed by atoms with van der Waals surface area (Å²) >= 11 is 0. The fourth-order valence-electron chi connectivity index (χ4n) is 0.751. The highest BCUT2D eigenvalue weighted by atomic mass is 16.3. The minimum absolute atomic E-state index is 0.370. The van der Waals surface area contributed by atoms with Crippen LogP contribution in [-0.2, 0) is 0 Å². The number of hydrogen-bond acceptors (Lipinski definition) is 2. The molecule has 0 aromatic carbocycles. The number of allylic oxidation sites excluding steroid dienone is 1. The van der Waals surface area contributed by atoms with Gasteiger partial charge in [-0.2, -0.15) is 4.91 Å². The molecule has 1 rings (SSSR count). The van der Waals surface area contributed by atoms with Gasteiger partial charge in [0.25, 0.3) is 0 Å². The molecule has 0 saturated heterocycles. The molecular weight excluding hydrogens is 102 g/mol. The van der Waals surface area contributed by atoms with Crippen molar-refractivity contribution in [2.45, 2.75) is 19.3 Å². The SMILES string of the molecule is O=NCC=C1CCC1. The van der Waals surface area contributed by atoms with Crippen LogP contribution in [-0.4, -0.2) is 6.54 Å². The van der Waals surface area contributed by atoms with Crippen LogP contribution in [0.15, 0.2) is 16.8 Å². The Morgan fingerprint density at radius 3 is 2.75 bits per heavy atom. The van der Waals surface area contributed by atoms with E-state index >= 15 is 0 Å². The number of hydrogen-bond donors (Lipinski definition) is 0. The Hall–Kier alpha value is -0.660. The van der Waals surface area contributed by atoms with Gasteiger partial charge in [0.2, 0.25) is 0 Å². The Balaban J connectivity index is 2.20. The van der Waals surface area contributed by atoms with E-state index in [4.69, 9.17) is 0 Å². The zero-order chi connectivity index (χ0) is 5.82. The van der Waals surface area contributed by atoms with E-state index in [0.717, 1.165) is 0 Å². The van der Waals surface area contributed by atoms with Gasteiger partial charge in [0.05, 0.1) is 6.54 Å². The normalized spacial score (nSPS) is 17.2. The molecule has 0 amide bonds. The first-order valence-corrected chi connectivity index (χ1v) is 2.90. The molecule has 0 spiro atoms. The van der Waals surface area contributed by atoms with Crippen molar-refractivity contribution < 1.29 is 0 Å². The van der Waals surface area contributed by atoms with Crippen molar-refractivity contribution >= 4 is 0 Å². The lowest BCUT2D eigenvalue weighted by Crippen LogP contribution is -1.96. The van der Waals surface area contributed by atoms with Gasteiger partial charge in [-0.25, -0.2) is 0 Å². The van der Waals surface area contributed by atoms with E-state index < -0.39 is 0 Å². The predicted molar refractivity (Wildman–Crippen MR) is 32.6 cm³/mol. The predicted octanol–water partition coefficient (Wildman–Crippen LogP) is 1.86. The molecule has 0 N–H and O–H groups in total. The van der Waals surface area contributed by atoms with E-state index in [-0.39, 0.29) is 0 Å². The van der Waals surface area contributed by atoms with Gasteiger partial charge in [0.15, 0.2) is 0 Å². The molecule has 0 radical (unpaired) electrons. The van der Waals surface area contributed by atoms with E-state index in [1.807, 2.05) is 6.08 Å². The van der Waals surface area contributed by atoms with Gasteiger partial charge in [-0.1, -0.05) is 16.8 Å². The fraction of sp³-hybridized carbons (Fsp3) is 0.667. The van der Waals surface area contributed by atoms with Gasteiger partial charge in [-0.3, -0.25) is 0 Å². The van der Waals surface area contributed by atoms with E-state index in [2.05, 4.69) is 5.18 Å². The highest BCUT2D eigenvalue weighted by Gasteiger charge is 2.05. The van der Waals surface area contributed by atoms with Crippen molar-refractivity contribution in [3.63, 3.8) is 0 Å². The number of nitroso groups, excluding NO2 is 1. The molecule has 1 fully saturated rings. The van der Waals surface area contributed by atoms with Crippen LogP contribution in [0.2, 0.25) is 0 Å². The second-order valence-electron chi connectivity index (χ2n) is 2.03. The second-order valence-corrected chi connectivity index (χ2v) is 2.03. The average molecular weight is 111 g/mol. The lowest BCUT2D eigenvalue weighted by atomic mass is 9.92.